The lowest BCUT2D eigenvalue weighted by molar-refractivity contribution is -0.119. The maximum atomic E-state index is 13.6. The number of Topliss-reactive ketones (excluding diaryl/α,β-unsaturated/α-hetero) is 1. The Kier molecular flexibility index (Phi) is 6.48. The number of anilines is 1. The maximum Gasteiger partial charge on any atom is 0.254 e. The number of thiophene rings is 1. The predicted octanol–water partition coefficient (Wildman–Crippen LogP) is 4.52. The van der Waals surface area contributed by atoms with Crippen LogP contribution >= 0.6 is 11.3 Å². The number of nitrogens with one attached hydrogen (secondary N) is 1. The molecule has 164 valence electrons. The molecule has 32 heavy (non-hydrogen) atoms. The number of amides is 2. The molecule has 3 aromatic rings. The van der Waals surface area contributed by atoms with Gasteiger partial charge in [0, 0.05) is 35.3 Å². The number of carbonyl (C=O) groups excluding carboxylic acids is 3. The van der Waals surface area contributed by atoms with Crippen LogP contribution in [-0.2, 0) is 9.53 Å². The van der Waals surface area contributed by atoms with Crippen molar-refractivity contribution in [2.45, 2.75) is 18.9 Å². The van der Waals surface area contributed by atoms with Crippen molar-refractivity contribution in [3.8, 4) is 0 Å². The summed E-state index contributed by atoms with van der Waals surface area (Å²) in [6, 6.07) is 17.5. The van der Waals surface area contributed by atoms with E-state index >= 15 is 0 Å². The predicted molar refractivity (Wildman–Crippen MR) is 124 cm³/mol. The smallest absolute Gasteiger partial charge is 0.254 e. The van der Waals surface area contributed by atoms with Crippen LogP contribution in [0.2, 0.25) is 0 Å². The molecule has 7 heteroatoms. The quantitative estimate of drug-likeness (QED) is 0.540. The van der Waals surface area contributed by atoms with Crippen LogP contribution < -0.4 is 5.32 Å². The summed E-state index contributed by atoms with van der Waals surface area (Å²) < 4.78 is 5.25. The fraction of sp³-hybridized carbons (Fsp3) is 0.240. The van der Waals surface area contributed by atoms with Gasteiger partial charge in [-0.15, -0.1) is 11.3 Å². The zero-order valence-corrected chi connectivity index (χ0v) is 18.7. The number of methoxy groups -OCH3 is 1. The zero-order chi connectivity index (χ0) is 22.7. The topological polar surface area (TPSA) is 75.7 Å². The molecule has 1 aliphatic rings. The Bertz CT molecular complexity index is 1130. The molecule has 1 N–H and O–H groups in total. The van der Waals surface area contributed by atoms with Crippen molar-refractivity contribution in [3.63, 3.8) is 0 Å². The summed E-state index contributed by atoms with van der Waals surface area (Å²) in [6.07, 6.45) is 0. The summed E-state index contributed by atoms with van der Waals surface area (Å²) in [6.45, 7) is 2.25. The minimum Gasteiger partial charge on any atom is -0.383 e. The van der Waals surface area contributed by atoms with Gasteiger partial charge in [0.05, 0.1) is 18.6 Å². The van der Waals surface area contributed by atoms with Crippen LogP contribution in [0, 0.1) is 0 Å². The molecule has 6 nitrogen and oxygen atoms in total. The Morgan fingerprint density at radius 3 is 2.47 bits per heavy atom. The van der Waals surface area contributed by atoms with Crippen LogP contribution in [0.5, 0.6) is 0 Å². The van der Waals surface area contributed by atoms with Crippen molar-refractivity contribution in [3.05, 3.63) is 87.6 Å². The van der Waals surface area contributed by atoms with E-state index in [1.165, 1.54) is 18.3 Å². The average Bonchev–Trinajstić information content (AvgIpc) is 3.33. The molecule has 2 amide bonds. The Labute approximate surface area is 190 Å². The molecule has 2 atom stereocenters. The highest BCUT2D eigenvalue weighted by Gasteiger charge is 2.44. The third kappa shape index (κ3) is 4.22. The van der Waals surface area contributed by atoms with Crippen molar-refractivity contribution < 1.29 is 19.1 Å². The Hall–Kier alpha value is -3.29. The fourth-order valence-corrected chi connectivity index (χ4v) is 4.97. The highest BCUT2D eigenvalue weighted by molar-refractivity contribution is 7.10. The third-order valence-corrected chi connectivity index (χ3v) is 6.59. The minimum atomic E-state index is -0.591. The van der Waals surface area contributed by atoms with Gasteiger partial charge >= 0.3 is 0 Å². The summed E-state index contributed by atoms with van der Waals surface area (Å²) in [4.78, 5) is 41.2. The molecule has 0 bridgehead atoms. The van der Waals surface area contributed by atoms with Gasteiger partial charge in [0.2, 0.25) is 5.91 Å². The van der Waals surface area contributed by atoms with Crippen LogP contribution in [0.15, 0.2) is 66.0 Å². The van der Waals surface area contributed by atoms with Gasteiger partial charge in [0.25, 0.3) is 5.91 Å². The monoisotopic (exact) mass is 448 g/mol. The van der Waals surface area contributed by atoms with Crippen molar-refractivity contribution >= 4 is 34.6 Å². The van der Waals surface area contributed by atoms with E-state index in [-0.39, 0.29) is 17.6 Å². The van der Waals surface area contributed by atoms with E-state index < -0.39 is 12.0 Å². The first-order valence-electron chi connectivity index (χ1n) is 10.4. The molecule has 2 heterocycles. The van der Waals surface area contributed by atoms with Crippen LogP contribution in [0.3, 0.4) is 0 Å². The number of benzene rings is 2. The normalized spacial score (nSPS) is 17.7. The van der Waals surface area contributed by atoms with Gasteiger partial charge in [-0.05, 0) is 54.3 Å². The number of hydrogen-bond donors (Lipinski definition) is 1. The SMILES string of the molecule is COCCN1C(=O)c2ccccc2[C@@H](C(=O)Nc2ccc(C(C)=O)cc2)[C@H]1c1cccs1. The summed E-state index contributed by atoms with van der Waals surface area (Å²) in [5, 5.41) is 4.94. The molecule has 4 rings (SSSR count). The first kappa shape index (κ1) is 21.9. The van der Waals surface area contributed by atoms with Crippen LogP contribution in [0.25, 0.3) is 0 Å². The van der Waals surface area contributed by atoms with Crippen LogP contribution in [0.1, 0.15) is 50.0 Å². The van der Waals surface area contributed by atoms with Gasteiger partial charge in [0.15, 0.2) is 5.78 Å². The van der Waals surface area contributed by atoms with Crippen molar-refractivity contribution in [1.29, 1.82) is 0 Å². The lowest BCUT2D eigenvalue weighted by Gasteiger charge is -2.41. The van der Waals surface area contributed by atoms with Gasteiger partial charge < -0.3 is 15.0 Å². The van der Waals surface area contributed by atoms with Gasteiger partial charge in [-0.2, -0.15) is 0 Å². The lowest BCUT2D eigenvalue weighted by Crippen LogP contribution is -2.47. The van der Waals surface area contributed by atoms with Crippen molar-refractivity contribution in [2.24, 2.45) is 0 Å². The standard InChI is InChI=1S/C25H24N2O4S/c1-16(28)17-9-11-18(12-10-17)26-24(29)22-19-6-3-4-7-20(19)25(30)27(13-14-31-2)23(22)21-8-5-15-32-21/h3-12,15,22-23H,13-14H2,1-2H3,(H,26,29)/t22-,23-/m1/s1. The molecular formula is C25H24N2O4S. The lowest BCUT2D eigenvalue weighted by atomic mass is 9.81. The first-order valence-corrected chi connectivity index (χ1v) is 11.2. The summed E-state index contributed by atoms with van der Waals surface area (Å²) in [7, 11) is 1.59. The van der Waals surface area contributed by atoms with Gasteiger partial charge in [-0.1, -0.05) is 24.3 Å². The average molecular weight is 449 g/mol. The highest BCUT2D eigenvalue weighted by Crippen LogP contribution is 2.44. The number of nitrogens with zero attached hydrogens (tertiary/aromatic N) is 1. The second kappa shape index (κ2) is 9.46. The van der Waals surface area contributed by atoms with E-state index in [9.17, 15) is 14.4 Å². The molecular weight excluding hydrogens is 424 g/mol. The van der Waals surface area contributed by atoms with Crippen LogP contribution in [0.4, 0.5) is 5.69 Å². The molecule has 0 saturated carbocycles. The molecule has 2 aromatic carbocycles. The number of rotatable bonds is 7. The third-order valence-electron chi connectivity index (χ3n) is 5.65. The Balaban J connectivity index is 1.75. The first-order chi connectivity index (χ1) is 15.5. The number of ketones is 1. The van der Waals surface area contributed by atoms with Crippen molar-refractivity contribution in [2.75, 3.05) is 25.6 Å². The number of ether oxygens (including phenoxy) is 1. The Morgan fingerprint density at radius 2 is 1.81 bits per heavy atom. The van der Waals surface area contributed by atoms with E-state index in [0.717, 1.165) is 4.88 Å². The van der Waals surface area contributed by atoms with E-state index in [0.29, 0.717) is 35.5 Å². The molecule has 0 fully saturated rings. The largest absolute Gasteiger partial charge is 0.383 e. The molecule has 0 saturated heterocycles. The van der Waals surface area contributed by atoms with E-state index in [1.807, 2.05) is 35.7 Å². The number of fused-ring (bicyclic) bond motifs is 1. The minimum absolute atomic E-state index is 0.0332. The van der Waals surface area contributed by atoms with Gasteiger partial charge in [-0.25, -0.2) is 0 Å². The maximum absolute atomic E-state index is 13.6. The summed E-state index contributed by atoms with van der Waals surface area (Å²) >= 11 is 1.52. The van der Waals surface area contributed by atoms with Gasteiger partial charge in [0.1, 0.15) is 0 Å². The highest BCUT2D eigenvalue weighted by atomic mass is 32.1. The van der Waals surface area contributed by atoms with Crippen molar-refractivity contribution in [1.82, 2.24) is 4.90 Å². The molecule has 0 aliphatic carbocycles. The molecule has 0 spiro atoms. The fourth-order valence-electron chi connectivity index (χ4n) is 4.09. The molecule has 1 aliphatic heterocycles. The zero-order valence-electron chi connectivity index (χ0n) is 17.9. The van der Waals surface area contributed by atoms with Gasteiger partial charge in [-0.3, -0.25) is 14.4 Å². The molecule has 0 radical (unpaired) electrons. The molecule has 0 unspecified atom stereocenters. The Morgan fingerprint density at radius 1 is 1.06 bits per heavy atom. The van der Waals surface area contributed by atoms with E-state index in [1.54, 1.807) is 42.3 Å². The second-order valence-corrected chi connectivity index (χ2v) is 8.62. The summed E-state index contributed by atoms with van der Waals surface area (Å²) in [5.74, 6) is -0.937. The summed E-state index contributed by atoms with van der Waals surface area (Å²) in [5.41, 5.74) is 2.42. The van der Waals surface area contributed by atoms with E-state index in [2.05, 4.69) is 5.32 Å². The molecule has 1 aromatic heterocycles. The number of carbonyl (C=O) groups is 3. The van der Waals surface area contributed by atoms with Crippen LogP contribution in [-0.4, -0.2) is 42.8 Å². The number of hydrogen-bond acceptors (Lipinski definition) is 5. The second-order valence-electron chi connectivity index (χ2n) is 7.64. The van der Waals surface area contributed by atoms with E-state index in [4.69, 9.17) is 4.74 Å².